The molecule has 0 spiro atoms. The average molecular weight is 360 g/mol. The summed E-state index contributed by atoms with van der Waals surface area (Å²) < 4.78 is 1.12. The molecular formula is C14H16BrClN2S. The molecule has 2 aromatic rings. The first-order chi connectivity index (χ1) is 9.10. The molecule has 0 amide bonds. The molecule has 0 saturated heterocycles. The van der Waals surface area contributed by atoms with Crippen molar-refractivity contribution in [3.8, 4) is 0 Å². The Morgan fingerprint density at radius 2 is 2.05 bits per heavy atom. The summed E-state index contributed by atoms with van der Waals surface area (Å²) in [6.45, 7) is 1.46. The van der Waals surface area contributed by atoms with Gasteiger partial charge >= 0.3 is 0 Å². The van der Waals surface area contributed by atoms with Gasteiger partial charge in [-0.15, -0.1) is 11.3 Å². The molecule has 2 rings (SSSR count). The number of thiophene rings is 1. The zero-order valence-corrected chi connectivity index (χ0v) is 13.8. The van der Waals surface area contributed by atoms with Crippen LogP contribution in [-0.4, -0.2) is 18.5 Å². The van der Waals surface area contributed by atoms with Gasteiger partial charge in [-0.2, -0.15) is 0 Å². The van der Waals surface area contributed by atoms with Crippen LogP contribution in [0.1, 0.15) is 16.5 Å². The highest BCUT2D eigenvalue weighted by Crippen LogP contribution is 2.29. The predicted octanol–water partition coefficient (Wildman–Crippen LogP) is 4.30. The Morgan fingerprint density at radius 3 is 2.58 bits per heavy atom. The smallest absolute Gasteiger partial charge is 0.0565 e. The number of hydrogen-bond donors (Lipinski definition) is 1. The summed E-state index contributed by atoms with van der Waals surface area (Å²) in [5, 5.41) is 2.86. The van der Waals surface area contributed by atoms with Gasteiger partial charge in [0, 0.05) is 32.8 Å². The average Bonchev–Trinajstić information content (AvgIpc) is 2.80. The van der Waals surface area contributed by atoms with E-state index in [1.54, 1.807) is 11.3 Å². The Bertz CT molecular complexity index is 526. The molecule has 0 fully saturated rings. The van der Waals surface area contributed by atoms with Crippen molar-refractivity contribution in [2.75, 3.05) is 13.6 Å². The zero-order chi connectivity index (χ0) is 13.8. The topological polar surface area (TPSA) is 29.3 Å². The van der Waals surface area contributed by atoms with E-state index in [1.807, 2.05) is 12.1 Å². The molecule has 1 atom stereocenters. The van der Waals surface area contributed by atoms with Crippen LogP contribution in [0.25, 0.3) is 0 Å². The van der Waals surface area contributed by atoms with Crippen LogP contribution in [0.15, 0.2) is 40.2 Å². The first-order valence-corrected chi connectivity index (χ1v) is 8.04. The molecule has 1 aromatic heterocycles. The molecule has 1 unspecified atom stereocenters. The van der Waals surface area contributed by atoms with Crippen molar-refractivity contribution in [2.45, 2.75) is 12.6 Å². The monoisotopic (exact) mass is 358 g/mol. The lowest BCUT2D eigenvalue weighted by Crippen LogP contribution is -2.29. The lowest BCUT2D eigenvalue weighted by molar-refractivity contribution is 0.245. The van der Waals surface area contributed by atoms with E-state index in [1.165, 1.54) is 10.4 Å². The molecule has 1 heterocycles. The first kappa shape index (κ1) is 15.0. The fourth-order valence-corrected chi connectivity index (χ4v) is 3.75. The van der Waals surface area contributed by atoms with E-state index in [0.29, 0.717) is 6.54 Å². The number of hydrogen-bond acceptors (Lipinski definition) is 3. The van der Waals surface area contributed by atoms with Crippen LogP contribution < -0.4 is 5.73 Å². The van der Waals surface area contributed by atoms with E-state index in [4.69, 9.17) is 17.3 Å². The Morgan fingerprint density at radius 1 is 1.37 bits per heavy atom. The van der Waals surface area contributed by atoms with Crippen LogP contribution in [0.3, 0.4) is 0 Å². The Balaban J connectivity index is 2.08. The van der Waals surface area contributed by atoms with Crippen molar-refractivity contribution >= 4 is 38.9 Å². The van der Waals surface area contributed by atoms with Gasteiger partial charge in [-0.05, 0) is 46.7 Å². The number of likely N-dealkylation sites (N-methyl/N-ethyl adjacent to an activating group) is 1. The van der Waals surface area contributed by atoms with Crippen molar-refractivity contribution in [3.63, 3.8) is 0 Å². The molecule has 0 saturated carbocycles. The first-order valence-electron chi connectivity index (χ1n) is 5.99. The maximum Gasteiger partial charge on any atom is 0.0565 e. The Kier molecular flexibility index (Phi) is 5.42. The summed E-state index contributed by atoms with van der Waals surface area (Å²) in [6, 6.07) is 10.3. The standard InChI is InChI=1S/C14H16BrClN2S/c1-18(8-10-2-4-12(16)5-3-10)13(7-17)14-6-11(15)9-19-14/h2-6,9,13H,7-8,17H2,1H3. The largest absolute Gasteiger partial charge is 0.329 e. The third-order valence-electron chi connectivity index (χ3n) is 3.02. The SMILES string of the molecule is CN(Cc1ccc(Cl)cc1)C(CN)c1cc(Br)cs1. The van der Waals surface area contributed by atoms with Gasteiger partial charge in [-0.1, -0.05) is 23.7 Å². The summed E-state index contributed by atoms with van der Waals surface area (Å²) in [7, 11) is 2.10. The molecule has 1 aromatic carbocycles. The van der Waals surface area contributed by atoms with Gasteiger partial charge in [-0.3, -0.25) is 4.90 Å². The van der Waals surface area contributed by atoms with Gasteiger partial charge in [0.1, 0.15) is 0 Å². The summed E-state index contributed by atoms with van der Waals surface area (Å²) in [4.78, 5) is 3.55. The molecule has 0 radical (unpaired) electrons. The lowest BCUT2D eigenvalue weighted by atomic mass is 10.1. The second-order valence-corrected chi connectivity index (χ2v) is 6.76. The van der Waals surface area contributed by atoms with Gasteiger partial charge in [0.15, 0.2) is 0 Å². The van der Waals surface area contributed by atoms with Crippen molar-refractivity contribution in [1.29, 1.82) is 0 Å². The van der Waals surface area contributed by atoms with Gasteiger partial charge < -0.3 is 5.73 Å². The third kappa shape index (κ3) is 4.04. The fourth-order valence-electron chi connectivity index (χ4n) is 2.00. The summed E-state index contributed by atoms with van der Waals surface area (Å²) in [5.41, 5.74) is 7.16. The Hall–Kier alpha value is -0.390. The number of rotatable bonds is 5. The minimum absolute atomic E-state index is 0.243. The van der Waals surface area contributed by atoms with Crippen LogP contribution in [0.2, 0.25) is 5.02 Å². The molecule has 19 heavy (non-hydrogen) atoms. The predicted molar refractivity (Wildman–Crippen MR) is 86.7 cm³/mol. The van der Waals surface area contributed by atoms with E-state index < -0.39 is 0 Å². The van der Waals surface area contributed by atoms with Gasteiger partial charge in [0.05, 0.1) is 6.04 Å². The summed E-state index contributed by atoms with van der Waals surface area (Å²) >= 11 is 11.1. The normalized spacial score (nSPS) is 12.9. The van der Waals surface area contributed by atoms with Gasteiger partial charge in [0.25, 0.3) is 0 Å². The minimum atomic E-state index is 0.243. The number of nitrogens with two attached hydrogens (primary N) is 1. The van der Waals surface area contributed by atoms with E-state index in [-0.39, 0.29) is 6.04 Å². The molecule has 0 aliphatic rings. The highest BCUT2D eigenvalue weighted by atomic mass is 79.9. The number of nitrogens with zero attached hydrogens (tertiary/aromatic N) is 1. The third-order valence-corrected chi connectivity index (χ3v) is 5.06. The second-order valence-electron chi connectivity index (χ2n) is 4.46. The van der Waals surface area contributed by atoms with Crippen molar-refractivity contribution in [1.82, 2.24) is 4.90 Å². The Labute approximate surface area is 131 Å². The summed E-state index contributed by atoms with van der Waals surface area (Å²) in [5.74, 6) is 0. The number of halogens is 2. The molecule has 2 nitrogen and oxygen atoms in total. The van der Waals surface area contributed by atoms with Crippen LogP contribution in [0.4, 0.5) is 0 Å². The van der Waals surface area contributed by atoms with Crippen LogP contribution in [0, 0.1) is 0 Å². The molecule has 0 aliphatic carbocycles. The molecule has 5 heteroatoms. The fraction of sp³-hybridized carbons (Fsp3) is 0.286. The van der Waals surface area contributed by atoms with E-state index >= 15 is 0 Å². The molecule has 0 aliphatic heterocycles. The van der Waals surface area contributed by atoms with Crippen LogP contribution in [0.5, 0.6) is 0 Å². The number of benzene rings is 1. The van der Waals surface area contributed by atoms with Gasteiger partial charge in [-0.25, -0.2) is 0 Å². The maximum atomic E-state index is 5.92. The maximum absolute atomic E-state index is 5.92. The molecule has 102 valence electrons. The van der Waals surface area contributed by atoms with Crippen molar-refractivity contribution < 1.29 is 0 Å². The van der Waals surface area contributed by atoms with E-state index in [2.05, 4.69) is 51.5 Å². The lowest BCUT2D eigenvalue weighted by Gasteiger charge is -2.26. The van der Waals surface area contributed by atoms with E-state index in [9.17, 15) is 0 Å². The zero-order valence-electron chi connectivity index (χ0n) is 10.6. The van der Waals surface area contributed by atoms with Crippen molar-refractivity contribution in [3.05, 3.63) is 55.6 Å². The highest BCUT2D eigenvalue weighted by Gasteiger charge is 2.17. The van der Waals surface area contributed by atoms with Crippen molar-refractivity contribution in [2.24, 2.45) is 5.73 Å². The second kappa shape index (κ2) is 6.86. The van der Waals surface area contributed by atoms with Crippen LogP contribution >= 0.6 is 38.9 Å². The quantitative estimate of drug-likeness (QED) is 0.862. The molecule has 2 N–H and O–H groups in total. The van der Waals surface area contributed by atoms with Gasteiger partial charge in [0.2, 0.25) is 0 Å². The molecule has 0 bridgehead atoms. The van der Waals surface area contributed by atoms with E-state index in [0.717, 1.165) is 16.0 Å². The minimum Gasteiger partial charge on any atom is -0.329 e. The molecular weight excluding hydrogens is 344 g/mol. The summed E-state index contributed by atoms with van der Waals surface area (Å²) in [6.07, 6.45) is 0. The highest BCUT2D eigenvalue weighted by molar-refractivity contribution is 9.10. The van der Waals surface area contributed by atoms with Crippen LogP contribution in [-0.2, 0) is 6.54 Å².